The fourth-order valence-corrected chi connectivity index (χ4v) is 1.86. The maximum atomic E-state index is 12.9. The molecule has 1 rings (SSSR count). The lowest BCUT2D eigenvalue weighted by Gasteiger charge is -2.25. The number of carboxylic acids is 1. The van der Waals surface area contributed by atoms with E-state index in [0.717, 1.165) is 0 Å². The molecule has 3 unspecified atom stereocenters. The number of carbonyl (C=O) groups is 1. The SMILES string of the molecule is CC(O)CNC(CCC(=O)O)C(O)c1ccc(F)cc1. The Hall–Kier alpha value is -1.50. The Labute approximate surface area is 117 Å². The summed E-state index contributed by atoms with van der Waals surface area (Å²) in [5, 5.41) is 31.1. The first-order chi connectivity index (χ1) is 9.40. The Balaban J connectivity index is 2.73. The number of aliphatic hydroxyl groups excluding tert-OH is 2. The molecule has 0 saturated heterocycles. The van der Waals surface area contributed by atoms with Crippen LogP contribution in [0.1, 0.15) is 31.4 Å². The van der Waals surface area contributed by atoms with Gasteiger partial charge in [-0.2, -0.15) is 0 Å². The van der Waals surface area contributed by atoms with Gasteiger partial charge in [0.05, 0.1) is 12.2 Å². The quantitative estimate of drug-likeness (QED) is 0.573. The summed E-state index contributed by atoms with van der Waals surface area (Å²) in [7, 11) is 0. The smallest absolute Gasteiger partial charge is 0.303 e. The van der Waals surface area contributed by atoms with E-state index in [1.807, 2.05) is 0 Å². The highest BCUT2D eigenvalue weighted by Crippen LogP contribution is 2.20. The van der Waals surface area contributed by atoms with Crippen molar-refractivity contribution in [3.8, 4) is 0 Å². The van der Waals surface area contributed by atoms with E-state index in [2.05, 4.69) is 5.32 Å². The van der Waals surface area contributed by atoms with Crippen LogP contribution in [-0.4, -0.2) is 40.0 Å². The second-order valence-electron chi connectivity index (χ2n) is 4.79. The molecule has 0 aliphatic carbocycles. The van der Waals surface area contributed by atoms with Crippen LogP contribution in [0, 0.1) is 5.82 Å². The minimum absolute atomic E-state index is 0.101. The third kappa shape index (κ3) is 5.64. The van der Waals surface area contributed by atoms with E-state index in [0.29, 0.717) is 5.56 Å². The minimum atomic E-state index is -0.964. The van der Waals surface area contributed by atoms with Gasteiger partial charge in [0, 0.05) is 19.0 Å². The summed E-state index contributed by atoms with van der Waals surface area (Å²) in [6, 6.07) is 4.87. The van der Waals surface area contributed by atoms with E-state index in [1.165, 1.54) is 24.3 Å². The monoisotopic (exact) mass is 285 g/mol. The molecular formula is C14H20FNO4. The number of hydrogen-bond donors (Lipinski definition) is 4. The summed E-state index contributed by atoms with van der Waals surface area (Å²) in [5.41, 5.74) is 0.500. The van der Waals surface area contributed by atoms with Gasteiger partial charge in [0.1, 0.15) is 5.82 Å². The lowest BCUT2D eigenvalue weighted by molar-refractivity contribution is -0.137. The first kappa shape index (κ1) is 16.6. The molecular weight excluding hydrogens is 265 g/mol. The molecule has 6 heteroatoms. The van der Waals surface area contributed by atoms with Crippen molar-refractivity contribution < 1.29 is 24.5 Å². The van der Waals surface area contributed by atoms with Crippen LogP contribution in [0.15, 0.2) is 24.3 Å². The van der Waals surface area contributed by atoms with E-state index in [4.69, 9.17) is 5.11 Å². The van der Waals surface area contributed by atoms with Crippen molar-refractivity contribution >= 4 is 5.97 Å². The second kappa shape index (κ2) is 7.94. The Kier molecular flexibility index (Phi) is 6.57. The summed E-state index contributed by atoms with van der Waals surface area (Å²) in [4.78, 5) is 10.6. The Morgan fingerprint density at radius 2 is 1.90 bits per heavy atom. The van der Waals surface area contributed by atoms with Crippen LogP contribution in [0.2, 0.25) is 0 Å². The number of carboxylic acid groups (broad SMARTS) is 1. The Morgan fingerprint density at radius 1 is 1.30 bits per heavy atom. The summed E-state index contributed by atoms with van der Waals surface area (Å²) in [6.07, 6.45) is -1.47. The zero-order valence-corrected chi connectivity index (χ0v) is 11.3. The zero-order valence-electron chi connectivity index (χ0n) is 11.3. The van der Waals surface area contributed by atoms with Crippen LogP contribution in [0.3, 0.4) is 0 Å². The van der Waals surface area contributed by atoms with Crippen LogP contribution in [0.5, 0.6) is 0 Å². The third-order valence-corrected chi connectivity index (χ3v) is 2.94. The molecule has 5 nitrogen and oxygen atoms in total. The molecule has 20 heavy (non-hydrogen) atoms. The number of rotatable bonds is 8. The highest BCUT2D eigenvalue weighted by atomic mass is 19.1. The number of aliphatic carboxylic acids is 1. The van der Waals surface area contributed by atoms with E-state index in [1.54, 1.807) is 6.92 Å². The number of nitrogens with one attached hydrogen (secondary N) is 1. The molecule has 0 fully saturated rings. The van der Waals surface area contributed by atoms with Crippen LogP contribution < -0.4 is 5.32 Å². The van der Waals surface area contributed by atoms with Crippen molar-refractivity contribution in [3.63, 3.8) is 0 Å². The van der Waals surface area contributed by atoms with Gasteiger partial charge in [-0.3, -0.25) is 4.79 Å². The lowest BCUT2D eigenvalue weighted by Crippen LogP contribution is -2.39. The summed E-state index contributed by atoms with van der Waals surface area (Å²) >= 11 is 0. The lowest BCUT2D eigenvalue weighted by atomic mass is 9.98. The van der Waals surface area contributed by atoms with Gasteiger partial charge in [-0.25, -0.2) is 4.39 Å². The summed E-state index contributed by atoms with van der Waals surface area (Å²) in [6.45, 7) is 1.83. The normalized spacial score (nSPS) is 15.6. The van der Waals surface area contributed by atoms with E-state index >= 15 is 0 Å². The van der Waals surface area contributed by atoms with Gasteiger partial charge in [-0.1, -0.05) is 12.1 Å². The molecule has 0 heterocycles. The summed E-state index contributed by atoms with van der Waals surface area (Å²) < 4.78 is 12.9. The van der Waals surface area contributed by atoms with Gasteiger partial charge in [0.15, 0.2) is 0 Å². The first-order valence-electron chi connectivity index (χ1n) is 6.47. The molecule has 0 amide bonds. The Bertz CT molecular complexity index is 422. The Morgan fingerprint density at radius 3 is 2.40 bits per heavy atom. The highest BCUT2D eigenvalue weighted by Gasteiger charge is 2.21. The van der Waals surface area contributed by atoms with Crippen molar-refractivity contribution in [1.29, 1.82) is 0 Å². The van der Waals surface area contributed by atoms with E-state index in [-0.39, 0.29) is 19.4 Å². The van der Waals surface area contributed by atoms with E-state index < -0.39 is 30.0 Å². The van der Waals surface area contributed by atoms with Gasteiger partial charge in [0.2, 0.25) is 0 Å². The molecule has 0 bridgehead atoms. The van der Waals surface area contributed by atoms with Crippen LogP contribution >= 0.6 is 0 Å². The van der Waals surface area contributed by atoms with Crippen LogP contribution in [0.25, 0.3) is 0 Å². The average molecular weight is 285 g/mol. The molecule has 3 atom stereocenters. The van der Waals surface area contributed by atoms with Crippen LogP contribution in [-0.2, 0) is 4.79 Å². The molecule has 0 saturated carbocycles. The maximum Gasteiger partial charge on any atom is 0.303 e. The minimum Gasteiger partial charge on any atom is -0.481 e. The van der Waals surface area contributed by atoms with Gasteiger partial charge in [-0.15, -0.1) is 0 Å². The molecule has 1 aromatic carbocycles. The predicted molar refractivity (Wildman–Crippen MR) is 71.7 cm³/mol. The highest BCUT2D eigenvalue weighted by molar-refractivity contribution is 5.66. The van der Waals surface area contributed by atoms with Gasteiger partial charge in [-0.05, 0) is 31.0 Å². The van der Waals surface area contributed by atoms with E-state index in [9.17, 15) is 19.4 Å². The maximum absolute atomic E-state index is 12.9. The molecule has 4 N–H and O–H groups in total. The van der Waals surface area contributed by atoms with Crippen molar-refractivity contribution in [2.45, 2.75) is 38.0 Å². The average Bonchev–Trinajstić information content (AvgIpc) is 2.38. The molecule has 112 valence electrons. The summed E-state index contributed by atoms with van der Waals surface area (Å²) in [5.74, 6) is -1.36. The second-order valence-corrected chi connectivity index (χ2v) is 4.79. The third-order valence-electron chi connectivity index (χ3n) is 2.94. The zero-order chi connectivity index (χ0) is 15.1. The van der Waals surface area contributed by atoms with Gasteiger partial charge >= 0.3 is 5.97 Å². The molecule has 0 radical (unpaired) electrons. The van der Waals surface area contributed by atoms with Crippen molar-refractivity contribution in [1.82, 2.24) is 5.32 Å². The number of benzene rings is 1. The molecule has 1 aromatic rings. The number of halogens is 1. The molecule has 0 aliphatic rings. The molecule has 0 aliphatic heterocycles. The number of aliphatic hydroxyl groups is 2. The topological polar surface area (TPSA) is 89.8 Å². The van der Waals surface area contributed by atoms with Gasteiger partial charge < -0.3 is 20.6 Å². The van der Waals surface area contributed by atoms with Crippen molar-refractivity contribution in [2.24, 2.45) is 0 Å². The first-order valence-corrected chi connectivity index (χ1v) is 6.47. The number of hydrogen-bond acceptors (Lipinski definition) is 4. The predicted octanol–water partition coefficient (Wildman–Crippen LogP) is 1.06. The fraction of sp³-hybridized carbons (Fsp3) is 0.500. The molecule has 0 aromatic heterocycles. The fourth-order valence-electron chi connectivity index (χ4n) is 1.86. The van der Waals surface area contributed by atoms with Crippen molar-refractivity contribution in [2.75, 3.05) is 6.54 Å². The van der Waals surface area contributed by atoms with Crippen molar-refractivity contribution in [3.05, 3.63) is 35.6 Å². The van der Waals surface area contributed by atoms with Gasteiger partial charge in [0.25, 0.3) is 0 Å². The standard InChI is InChI=1S/C14H20FNO4/c1-9(17)8-16-12(6-7-13(18)19)14(20)10-2-4-11(15)5-3-10/h2-5,9,12,14,16-17,20H,6-8H2,1H3,(H,18,19). The molecule has 0 spiro atoms. The largest absolute Gasteiger partial charge is 0.481 e. The van der Waals surface area contributed by atoms with Crippen LogP contribution in [0.4, 0.5) is 4.39 Å².